The Labute approximate surface area is 210 Å². The molecule has 1 heterocycles. The van der Waals surface area contributed by atoms with Crippen molar-refractivity contribution >= 4 is 28.1 Å². The molecule has 7 heteroatoms. The van der Waals surface area contributed by atoms with Crippen LogP contribution in [0.15, 0.2) is 48.5 Å². The third-order valence-corrected chi connectivity index (χ3v) is 4.31. The number of benzene rings is 2. The number of ketones is 1. The van der Waals surface area contributed by atoms with Crippen LogP contribution in [-0.4, -0.2) is 42.9 Å². The number of anilines is 2. The molecular formula is C26H27FN4O2. The number of carbonyl (C=O) groups excluding carboxylic acids is 1. The third kappa shape index (κ3) is 5.93. The van der Waals surface area contributed by atoms with Crippen molar-refractivity contribution in [3.05, 3.63) is 71.0 Å². The van der Waals surface area contributed by atoms with Gasteiger partial charge in [-0.15, -0.1) is 0 Å². The number of nitrogens with one attached hydrogen (secondary N) is 1. The maximum atomic E-state index is 14.4. The molecule has 0 atom stereocenters. The number of likely N-dealkylation sites (N-methyl/N-ethyl adjacent to an activating group) is 1. The van der Waals surface area contributed by atoms with Crippen LogP contribution in [0.2, 0.25) is 0 Å². The maximum Gasteiger partial charge on any atom is 0.159 e. The Morgan fingerprint density at radius 2 is 2.27 bits per heavy atom. The molecule has 1 aromatic heterocycles. The molecular weight excluding hydrogens is 419 g/mol. The van der Waals surface area contributed by atoms with Crippen LogP contribution in [0.3, 0.4) is 0 Å². The zero-order chi connectivity index (χ0) is 34.3. The molecule has 0 radical (unpaired) electrons. The van der Waals surface area contributed by atoms with E-state index in [1.54, 1.807) is 25.1 Å². The maximum absolute atomic E-state index is 14.4. The van der Waals surface area contributed by atoms with Crippen molar-refractivity contribution in [1.29, 1.82) is 5.26 Å². The zero-order valence-corrected chi connectivity index (χ0v) is 18.0. The normalized spacial score (nSPS) is 17.5. The number of aromatic nitrogens is 1. The summed E-state index contributed by atoms with van der Waals surface area (Å²) in [5.74, 6) is -2.93. The highest BCUT2D eigenvalue weighted by molar-refractivity contribution is 5.98. The van der Waals surface area contributed by atoms with Gasteiger partial charge < -0.3 is 15.0 Å². The molecule has 0 bridgehead atoms. The predicted molar refractivity (Wildman–Crippen MR) is 128 cm³/mol. The SMILES string of the molecule is [2H]/C(=C\CN(C)C)C(=O)Cc1c(OC([2H])([2H])C([2H])([2H])[2H])c([2H])c2nc([2H])c(C#N)c(Nc3c([2H])c([2H])c(F)c(C)c3[2H])c2c1[2H]. The van der Waals surface area contributed by atoms with Crippen molar-refractivity contribution < 1.29 is 30.4 Å². The molecule has 170 valence electrons. The highest BCUT2D eigenvalue weighted by Gasteiger charge is 2.16. The molecule has 0 aliphatic rings. The fourth-order valence-corrected chi connectivity index (χ4v) is 2.76. The number of nitriles is 1. The highest BCUT2D eigenvalue weighted by Crippen LogP contribution is 2.34. The molecule has 0 spiro atoms. The molecule has 33 heavy (non-hydrogen) atoms. The quantitative estimate of drug-likeness (QED) is 0.458. The lowest BCUT2D eigenvalue weighted by molar-refractivity contribution is -0.114. The van der Waals surface area contributed by atoms with Crippen molar-refractivity contribution in [1.82, 2.24) is 9.88 Å². The lowest BCUT2D eigenvalue weighted by Crippen LogP contribution is -2.11. The number of halogens is 1. The van der Waals surface area contributed by atoms with Gasteiger partial charge in [-0.1, -0.05) is 6.08 Å². The van der Waals surface area contributed by atoms with Gasteiger partial charge in [-0.25, -0.2) is 4.39 Å². The highest BCUT2D eigenvalue weighted by atomic mass is 19.1. The summed E-state index contributed by atoms with van der Waals surface area (Å²) in [6, 6.07) is -2.68. The number of allylic oxidation sites excluding steroid dienone is 1. The van der Waals surface area contributed by atoms with E-state index in [1.807, 2.05) is 0 Å². The van der Waals surface area contributed by atoms with E-state index in [1.165, 1.54) is 13.0 Å². The van der Waals surface area contributed by atoms with Gasteiger partial charge in [0.05, 0.1) is 35.7 Å². The summed E-state index contributed by atoms with van der Waals surface area (Å²) in [5.41, 5.74) is -2.95. The van der Waals surface area contributed by atoms with Crippen molar-refractivity contribution in [3.8, 4) is 11.8 Å². The predicted octanol–water partition coefficient (Wildman–Crippen LogP) is 4.93. The Bertz CT molecular complexity index is 1760. The van der Waals surface area contributed by atoms with Gasteiger partial charge in [-0.3, -0.25) is 9.78 Å². The van der Waals surface area contributed by atoms with Gasteiger partial charge >= 0.3 is 0 Å². The molecule has 0 saturated heterocycles. The summed E-state index contributed by atoms with van der Waals surface area (Å²) in [6.07, 6.45) is -0.386. The van der Waals surface area contributed by atoms with Gasteiger partial charge in [0.25, 0.3) is 0 Å². The second-order valence-electron chi connectivity index (χ2n) is 7.10. The first-order valence-electron chi connectivity index (χ1n) is 15.6. The molecule has 3 rings (SSSR count). The van der Waals surface area contributed by atoms with E-state index in [9.17, 15) is 14.4 Å². The van der Waals surface area contributed by atoms with E-state index in [-0.39, 0.29) is 12.1 Å². The fourth-order valence-electron chi connectivity index (χ4n) is 2.76. The van der Waals surface area contributed by atoms with E-state index in [4.69, 9.17) is 21.2 Å². The van der Waals surface area contributed by atoms with Crippen LogP contribution in [0.5, 0.6) is 5.75 Å². The lowest BCUT2D eigenvalue weighted by Gasteiger charge is -2.15. The number of pyridine rings is 1. The Hall–Kier alpha value is -3.76. The molecule has 6 nitrogen and oxygen atoms in total. The molecule has 2 aromatic carbocycles. The molecule has 0 aliphatic heterocycles. The van der Waals surface area contributed by atoms with Crippen LogP contribution in [0.4, 0.5) is 15.8 Å². The van der Waals surface area contributed by atoms with Gasteiger partial charge in [0.15, 0.2) is 5.78 Å². The fraction of sp³-hybridized carbons (Fsp3) is 0.269. The molecule has 1 N–H and O–H groups in total. The molecule has 3 aromatic rings. The summed E-state index contributed by atoms with van der Waals surface area (Å²) in [7, 11) is 3.36. The van der Waals surface area contributed by atoms with E-state index in [0.717, 1.165) is 0 Å². The Kier molecular flexibility index (Phi) is 4.05. The smallest absolute Gasteiger partial charge is 0.159 e. The van der Waals surface area contributed by atoms with Crippen LogP contribution in [0.1, 0.15) is 40.0 Å². The number of nitrogens with zero attached hydrogens (tertiary/aromatic N) is 3. The van der Waals surface area contributed by atoms with E-state index < -0.39 is 113 Å². The zero-order valence-electron chi connectivity index (χ0n) is 30.0. The first kappa shape index (κ1) is 12.5. The van der Waals surface area contributed by atoms with Gasteiger partial charge in [0.2, 0.25) is 0 Å². The minimum absolute atomic E-state index is 0.181. The third-order valence-electron chi connectivity index (χ3n) is 4.31. The first-order chi connectivity index (χ1) is 20.7. The van der Waals surface area contributed by atoms with Gasteiger partial charge in [-0.2, -0.15) is 5.26 Å². The monoisotopic (exact) mass is 458 g/mol. The van der Waals surface area contributed by atoms with Gasteiger partial charge in [-0.05, 0) is 63.7 Å². The largest absolute Gasteiger partial charge is 0.494 e. The Morgan fingerprint density at radius 1 is 1.45 bits per heavy atom. The summed E-state index contributed by atoms with van der Waals surface area (Å²) in [6.45, 7) is -5.49. The molecule has 0 amide bonds. The molecule has 0 aliphatic carbocycles. The number of ether oxygens (including phenoxy) is 1. The number of hydrogen-bond acceptors (Lipinski definition) is 6. The molecule has 0 fully saturated rings. The molecule has 0 saturated carbocycles. The van der Waals surface area contributed by atoms with Crippen LogP contribution < -0.4 is 10.1 Å². The topological polar surface area (TPSA) is 78.2 Å². The Balaban J connectivity index is 2.48. The van der Waals surface area contributed by atoms with Crippen molar-refractivity contribution in [2.75, 3.05) is 32.5 Å². The Morgan fingerprint density at radius 3 is 3.00 bits per heavy atom. The first-order valence-corrected chi connectivity index (χ1v) is 9.59. The van der Waals surface area contributed by atoms with Crippen molar-refractivity contribution in [2.45, 2.75) is 20.2 Å². The lowest BCUT2D eigenvalue weighted by atomic mass is 10.0. The standard InChI is InChI=1S/C26H27FN4O2/c1-5-33-25-14-24-22(13-18(25)12-21(32)7-6-10-31(3)4)26(19(15-28)16-29-24)30-20-8-9-23(27)17(2)11-20/h6-9,11,13-14,16H,5,10,12H2,1-4H3,(H,29,30)/b7-6+/i1D3,5D2,7D,8D,9D,11D,13D,14D,16D. The van der Waals surface area contributed by atoms with E-state index in [0.29, 0.717) is 0 Å². The van der Waals surface area contributed by atoms with E-state index >= 15 is 0 Å². The van der Waals surface area contributed by atoms with Crippen LogP contribution in [-0.2, 0) is 11.2 Å². The van der Waals surface area contributed by atoms with E-state index in [2.05, 4.69) is 10.3 Å². The number of carbonyl (C=O) groups is 1. The van der Waals surface area contributed by atoms with Crippen molar-refractivity contribution in [2.24, 2.45) is 0 Å². The number of rotatable bonds is 9. The second kappa shape index (κ2) is 10.7. The average molecular weight is 459 g/mol. The van der Waals surface area contributed by atoms with Gasteiger partial charge in [0.1, 0.15) is 17.6 Å². The summed E-state index contributed by atoms with van der Waals surface area (Å²) < 4.78 is 117. The van der Waals surface area contributed by atoms with Crippen molar-refractivity contribution in [3.63, 3.8) is 0 Å². The minimum atomic E-state index is -3.45. The number of hydrogen-bond donors (Lipinski definition) is 1. The van der Waals surface area contributed by atoms with Crippen LogP contribution in [0, 0.1) is 24.1 Å². The summed E-state index contributed by atoms with van der Waals surface area (Å²) >= 11 is 0. The second-order valence-corrected chi connectivity index (χ2v) is 7.10. The average Bonchev–Trinajstić information content (AvgIpc) is 2.95. The number of fused-ring (bicyclic) bond motifs is 1. The summed E-state index contributed by atoms with van der Waals surface area (Å²) in [5, 5.41) is 12.0. The minimum Gasteiger partial charge on any atom is -0.494 e. The molecule has 0 unspecified atom stereocenters. The summed E-state index contributed by atoms with van der Waals surface area (Å²) in [4.78, 5) is 18.6. The van der Waals surface area contributed by atoms with Crippen LogP contribution >= 0.6 is 0 Å². The van der Waals surface area contributed by atoms with Crippen LogP contribution in [0.25, 0.3) is 10.9 Å². The van der Waals surface area contributed by atoms with Gasteiger partial charge in [0, 0.05) is 45.9 Å².